The quantitative estimate of drug-likeness (QED) is 0.820. The maximum Gasteiger partial charge on any atom is 0.270 e. The summed E-state index contributed by atoms with van der Waals surface area (Å²) in [6.45, 7) is 5.10. The van der Waals surface area contributed by atoms with Gasteiger partial charge in [-0.15, -0.1) is 0 Å². The molecule has 0 spiro atoms. The van der Waals surface area contributed by atoms with Crippen LogP contribution in [0, 0.1) is 0 Å². The first-order valence-electron chi connectivity index (χ1n) is 7.74. The summed E-state index contributed by atoms with van der Waals surface area (Å²) in [5.41, 5.74) is 0.771. The van der Waals surface area contributed by atoms with Crippen molar-refractivity contribution < 1.29 is 14.6 Å². The number of carbonyl (C=O) groups is 1. The molecule has 0 fully saturated rings. The molecule has 0 radical (unpaired) electrons. The predicted molar refractivity (Wildman–Crippen MR) is 87.5 cm³/mol. The molecule has 1 amide bonds. The number of ether oxygens (including phenoxy) is 1. The van der Waals surface area contributed by atoms with E-state index >= 15 is 0 Å². The topological polar surface area (TPSA) is 84.3 Å². The standard InChI is InChI=1S/C17H21N3O3/c1-3-9-18-17(22)13-11-15(21)20-16(19-13)12-7-5-6-8-14(12)23-10-4-2/h5-8,11H,3-4,9-10H2,1-2H3,(H,18,22)(H,19,20,21). The molecule has 1 aromatic carbocycles. The van der Waals surface area contributed by atoms with Crippen molar-refractivity contribution in [3.63, 3.8) is 0 Å². The summed E-state index contributed by atoms with van der Waals surface area (Å²) in [7, 11) is 0. The molecule has 0 bridgehead atoms. The van der Waals surface area contributed by atoms with E-state index in [1.54, 1.807) is 6.07 Å². The van der Waals surface area contributed by atoms with Gasteiger partial charge in [0.15, 0.2) is 5.82 Å². The monoisotopic (exact) mass is 315 g/mol. The normalized spacial score (nSPS) is 10.3. The third-order valence-corrected chi connectivity index (χ3v) is 3.07. The molecule has 122 valence electrons. The van der Waals surface area contributed by atoms with Gasteiger partial charge in [0.05, 0.1) is 12.2 Å². The van der Waals surface area contributed by atoms with Gasteiger partial charge in [-0.05, 0) is 25.0 Å². The number of amides is 1. The lowest BCUT2D eigenvalue weighted by atomic mass is 10.2. The molecule has 1 heterocycles. The van der Waals surface area contributed by atoms with E-state index in [4.69, 9.17) is 4.74 Å². The number of nitrogens with zero attached hydrogens (tertiary/aromatic N) is 2. The third kappa shape index (κ3) is 4.42. The molecule has 2 aromatic rings. The van der Waals surface area contributed by atoms with Crippen molar-refractivity contribution in [2.75, 3.05) is 13.2 Å². The average Bonchev–Trinajstić information content (AvgIpc) is 2.57. The van der Waals surface area contributed by atoms with Crippen LogP contribution < -0.4 is 10.1 Å². The number of carbonyl (C=O) groups excluding carboxylic acids is 1. The summed E-state index contributed by atoms with van der Waals surface area (Å²) in [4.78, 5) is 20.3. The molecule has 0 atom stereocenters. The van der Waals surface area contributed by atoms with E-state index in [-0.39, 0.29) is 23.3 Å². The van der Waals surface area contributed by atoms with Crippen LogP contribution in [0.15, 0.2) is 30.3 Å². The minimum atomic E-state index is -0.335. The van der Waals surface area contributed by atoms with Gasteiger partial charge in [0.1, 0.15) is 11.4 Å². The molecule has 0 unspecified atom stereocenters. The molecule has 1 aromatic heterocycles. The Kier molecular flexibility index (Phi) is 5.91. The van der Waals surface area contributed by atoms with Crippen molar-refractivity contribution in [3.05, 3.63) is 36.0 Å². The zero-order valence-corrected chi connectivity index (χ0v) is 13.4. The zero-order valence-electron chi connectivity index (χ0n) is 13.4. The SMILES string of the molecule is CCCNC(=O)c1cc(O)nc(-c2ccccc2OCCC)n1. The number of hydrogen-bond donors (Lipinski definition) is 2. The maximum atomic E-state index is 12.1. The summed E-state index contributed by atoms with van der Waals surface area (Å²) in [5, 5.41) is 12.6. The first kappa shape index (κ1) is 16.7. The Hall–Kier alpha value is -2.63. The summed E-state index contributed by atoms with van der Waals surface area (Å²) >= 11 is 0. The highest BCUT2D eigenvalue weighted by Crippen LogP contribution is 2.28. The second-order valence-corrected chi connectivity index (χ2v) is 5.04. The lowest BCUT2D eigenvalue weighted by Crippen LogP contribution is -2.25. The molecule has 0 aliphatic rings. The van der Waals surface area contributed by atoms with Gasteiger partial charge in [-0.2, -0.15) is 4.98 Å². The van der Waals surface area contributed by atoms with Crippen LogP contribution in [-0.2, 0) is 0 Å². The fourth-order valence-corrected chi connectivity index (χ4v) is 1.99. The van der Waals surface area contributed by atoms with E-state index in [1.807, 2.05) is 32.0 Å². The summed E-state index contributed by atoms with van der Waals surface area (Å²) in [6.07, 6.45) is 1.70. The summed E-state index contributed by atoms with van der Waals surface area (Å²) in [5.74, 6) is 0.304. The van der Waals surface area contributed by atoms with E-state index in [0.29, 0.717) is 24.5 Å². The van der Waals surface area contributed by atoms with Crippen molar-refractivity contribution in [3.8, 4) is 23.0 Å². The molecule has 23 heavy (non-hydrogen) atoms. The number of hydrogen-bond acceptors (Lipinski definition) is 5. The van der Waals surface area contributed by atoms with Crippen molar-refractivity contribution in [2.45, 2.75) is 26.7 Å². The fraction of sp³-hybridized carbons (Fsp3) is 0.353. The van der Waals surface area contributed by atoms with Crippen LogP contribution in [0.25, 0.3) is 11.4 Å². The Morgan fingerprint density at radius 3 is 2.74 bits per heavy atom. The Morgan fingerprint density at radius 1 is 1.22 bits per heavy atom. The number of aromatic hydroxyl groups is 1. The van der Waals surface area contributed by atoms with Crippen molar-refractivity contribution in [1.29, 1.82) is 0 Å². The van der Waals surface area contributed by atoms with E-state index in [0.717, 1.165) is 12.8 Å². The smallest absolute Gasteiger partial charge is 0.270 e. The van der Waals surface area contributed by atoms with Crippen LogP contribution in [0.2, 0.25) is 0 Å². The highest BCUT2D eigenvalue weighted by molar-refractivity contribution is 5.93. The number of benzene rings is 1. The Bertz CT molecular complexity index is 674. The Morgan fingerprint density at radius 2 is 2.00 bits per heavy atom. The zero-order chi connectivity index (χ0) is 16.7. The lowest BCUT2D eigenvalue weighted by Gasteiger charge is -2.11. The van der Waals surface area contributed by atoms with Crippen molar-refractivity contribution >= 4 is 5.91 Å². The number of para-hydroxylation sites is 1. The van der Waals surface area contributed by atoms with E-state index < -0.39 is 0 Å². The Balaban J connectivity index is 2.36. The summed E-state index contributed by atoms with van der Waals surface area (Å²) < 4.78 is 5.68. The van der Waals surface area contributed by atoms with Gasteiger partial charge in [0.25, 0.3) is 5.91 Å². The first-order chi connectivity index (χ1) is 11.2. The van der Waals surface area contributed by atoms with Gasteiger partial charge < -0.3 is 15.2 Å². The molecule has 0 aliphatic carbocycles. The predicted octanol–water partition coefficient (Wildman–Crippen LogP) is 2.78. The number of rotatable bonds is 7. The molecule has 0 aliphatic heterocycles. The minimum Gasteiger partial charge on any atom is -0.493 e. The lowest BCUT2D eigenvalue weighted by molar-refractivity contribution is 0.0948. The van der Waals surface area contributed by atoms with Gasteiger partial charge in [-0.3, -0.25) is 4.79 Å². The number of aromatic nitrogens is 2. The Labute approximate surface area is 135 Å². The molecule has 6 heteroatoms. The molecule has 2 rings (SSSR count). The highest BCUT2D eigenvalue weighted by Gasteiger charge is 2.15. The van der Waals surface area contributed by atoms with Gasteiger partial charge in [-0.1, -0.05) is 26.0 Å². The molecule has 0 saturated carbocycles. The van der Waals surface area contributed by atoms with Crippen LogP contribution in [0.4, 0.5) is 0 Å². The first-order valence-corrected chi connectivity index (χ1v) is 7.74. The van der Waals surface area contributed by atoms with Crippen LogP contribution in [0.3, 0.4) is 0 Å². The van der Waals surface area contributed by atoms with Crippen molar-refractivity contribution in [2.24, 2.45) is 0 Å². The van der Waals surface area contributed by atoms with Crippen molar-refractivity contribution in [1.82, 2.24) is 15.3 Å². The van der Waals surface area contributed by atoms with E-state index in [2.05, 4.69) is 15.3 Å². The van der Waals surface area contributed by atoms with Gasteiger partial charge >= 0.3 is 0 Å². The second-order valence-electron chi connectivity index (χ2n) is 5.04. The van der Waals surface area contributed by atoms with Gasteiger partial charge in [0, 0.05) is 12.6 Å². The van der Waals surface area contributed by atoms with Crippen LogP contribution >= 0.6 is 0 Å². The largest absolute Gasteiger partial charge is 0.493 e. The molecular formula is C17H21N3O3. The average molecular weight is 315 g/mol. The molecule has 2 N–H and O–H groups in total. The number of nitrogens with one attached hydrogen (secondary N) is 1. The second kappa shape index (κ2) is 8.12. The minimum absolute atomic E-state index is 0.131. The maximum absolute atomic E-state index is 12.1. The van der Waals surface area contributed by atoms with Crippen LogP contribution in [0.1, 0.15) is 37.2 Å². The van der Waals surface area contributed by atoms with Crippen LogP contribution in [0.5, 0.6) is 11.6 Å². The van der Waals surface area contributed by atoms with E-state index in [1.165, 1.54) is 6.07 Å². The van der Waals surface area contributed by atoms with E-state index in [9.17, 15) is 9.90 Å². The van der Waals surface area contributed by atoms with Gasteiger partial charge in [0.2, 0.25) is 5.88 Å². The van der Waals surface area contributed by atoms with Crippen LogP contribution in [-0.4, -0.2) is 34.1 Å². The highest BCUT2D eigenvalue weighted by atomic mass is 16.5. The fourth-order valence-electron chi connectivity index (χ4n) is 1.99. The molecular weight excluding hydrogens is 294 g/mol. The third-order valence-electron chi connectivity index (χ3n) is 3.07. The molecule has 6 nitrogen and oxygen atoms in total. The molecule has 0 saturated heterocycles. The van der Waals surface area contributed by atoms with Gasteiger partial charge in [-0.25, -0.2) is 4.98 Å². The summed E-state index contributed by atoms with van der Waals surface area (Å²) in [6, 6.07) is 8.55.